The van der Waals surface area contributed by atoms with Gasteiger partial charge in [0.2, 0.25) is 0 Å². The Kier molecular flexibility index (Phi) is 35.8. The molecule has 0 bridgehead atoms. The molecule has 1 aliphatic carbocycles. The minimum Gasteiger partial charge on any atom is -0.385 e. The molecule has 0 aromatic rings. The van der Waals surface area contributed by atoms with Crippen LogP contribution in [-0.2, 0) is 4.74 Å². The zero-order valence-corrected chi connectivity index (χ0v) is 21.9. The Morgan fingerprint density at radius 3 is 1.23 bits per heavy atom. The van der Waals surface area contributed by atoms with Crippen molar-refractivity contribution in [1.29, 1.82) is 0 Å². The zero-order valence-electron chi connectivity index (χ0n) is 21.9. The monoisotopic (exact) mass is 444 g/mol. The Morgan fingerprint density at radius 2 is 1.20 bits per heavy atom. The summed E-state index contributed by atoms with van der Waals surface area (Å²) in [5, 5.41) is 0. The van der Waals surface area contributed by atoms with E-state index in [0.29, 0.717) is 0 Å². The van der Waals surface area contributed by atoms with Crippen molar-refractivity contribution < 1.29 is 17.9 Å². The van der Waals surface area contributed by atoms with Crippen molar-refractivity contribution in [2.75, 3.05) is 13.7 Å². The highest BCUT2D eigenvalue weighted by molar-refractivity contribution is 4.71. The highest BCUT2D eigenvalue weighted by Gasteiger charge is 2.27. The van der Waals surface area contributed by atoms with Crippen molar-refractivity contribution in [3.05, 3.63) is 0 Å². The lowest BCUT2D eigenvalue weighted by Crippen LogP contribution is -2.16. The predicted molar refractivity (Wildman–Crippen MR) is 132 cm³/mol. The lowest BCUT2D eigenvalue weighted by molar-refractivity contribution is -0.141. The third kappa shape index (κ3) is 56.5. The fraction of sp³-hybridized carbons (Fsp3) is 1.00. The topological polar surface area (TPSA) is 9.23 Å². The molecule has 0 spiro atoms. The molecule has 0 unspecified atom stereocenters. The van der Waals surface area contributed by atoms with Crippen LogP contribution in [0.5, 0.6) is 0 Å². The minimum absolute atomic E-state index is 0. The van der Waals surface area contributed by atoms with Crippen LogP contribution in [0.25, 0.3) is 0 Å². The van der Waals surface area contributed by atoms with Gasteiger partial charge in [-0.05, 0) is 36.0 Å². The number of alkyl halides is 3. The van der Waals surface area contributed by atoms with Crippen LogP contribution in [0.1, 0.15) is 122 Å². The Balaban J connectivity index is -0.0000000894. The van der Waals surface area contributed by atoms with Gasteiger partial charge in [-0.2, -0.15) is 13.2 Å². The van der Waals surface area contributed by atoms with E-state index in [2.05, 4.69) is 62.3 Å². The summed E-state index contributed by atoms with van der Waals surface area (Å²) in [6.07, 6.45) is 2.26. The van der Waals surface area contributed by atoms with E-state index in [4.69, 9.17) is 4.74 Å². The third-order valence-electron chi connectivity index (χ3n) is 3.63. The van der Waals surface area contributed by atoms with Crippen LogP contribution in [0.2, 0.25) is 0 Å². The van der Waals surface area contributed by atoms with Crippen LogP contribution in [0.4, 0.5) is 13.2 Å². The van der Waals surface area contributed by atoms with E-state index in [1.165, 1.54) is 32.1 Å². The Hall–Kier alpha value is -0.250. The zero-order chi connectivity index (χ0) is 24.0. The molecular weight excluding hydrogens is 385 g/mol. The van der Waals surface area contributed by atoms with Crippen LogP contribution in [0, 0.1) is 29.6 Å². The van der Waals surface area contributed by atoms with Crippen molar-refractivity contribution >= 4 is 0 Å². The first kappa shape index (κ1) is 40.1. The van der Waals surface area contributed by atoms with Gasteiger partial charge in [-0.3, -0.25) is 0 Å². The smallest absolute Gasteiger partial charge is 0.385 e. The number of hydrogen-bond donors (Lipinski definition) is 0. The normalized spacial score (nSPS) is 12.9. The van der Waals surface area contributed by atoms with Gasteiger partial charge in [0.25, 0.3) is 0 Å². The second-order valence-electron chi connectivity index (χ2n) is 9.76. The maximum Gasteiger partial charge on any atom is 0.389 e. The van der Waals surface area contributed by atoms with Crippen LogP contribution in [-0.4, -0.2) is 19.9 Å². The average Bonchev–Trinajstić information content (AvgIpc) is 2.41. The summed E-state index contributed by atoms with van der Waals surface area (Å²) in [7, 11) is 1.74. The molecule has 1 fully saturated rings. The molecule has 0 heterocycles. The number of hydrogen-bond acceptors (Lipinski definition) is 1. The van der Waals surface area contributed by atoms with E-state index in [0.717, 1.165) is 30.3 Å². The molecule has 1 aliphatic rings. The molecule has 0 aliphatic heterocycles. The van der Waals surface area contributed by atoms with E-state index in [9.17, 15) is 13.2 Å². The molecule has 1 nitrogen and oxygen atoms in total. The highest BCUT2D eigenvalue weighted by atomic mass is 19.4. The van der Waals surface area contributed by atoms with Gasteiger partial charge in [-0.15, -0.1) is 0 Å². The molecule has 1 rings (SSSR count). The van der Waals surface area contributed by atoms with E-state index in [1.807, 2.05) is 0 Å². The number of halogens is 3. The molecule has 0 saturated heterocycles. The van der Waals surface area contributed by atoms with E-state index >= 15 is 0 Å². The first-order valence-electron chi connectivity index (χ1n) is 11.7. The fourth-order valence-electron chi connectivity index (χ4n) is 1.92. The molecule has 0 aromatic carbocycles. The van der Waals surface area contributed by atoms with E-state index in [-0.39, 0.29) is 13.3 Å². The van der Waals surface area contributed by atoms with Gasteiger partial charge >= 0.3 is 6.18 Å². The van der Waals surface area contributed by atoms with Crippen LogP contribution >= 0.6 is 0 Å². The summed E-state index contributed by atoms with van der Waals surface area (Å²) in [6, 6.07) is 0. The van der Waals surface area contributed by atoms with Gasteiger partial charge in [0.1, 0.15) is 0 Å². The number of rotatable bonds is 5. The maximum atomic E-state index is 11.3. The number of ether oxygens (including phenoxy) is 1. The van der Waals surface area contributed by atoms with Crippen molar-refractivity contribution in [2.24, 2.45) is 29.6 Å². The van der Waals surface area contributed by atoms with Crippen molar-refractivity contribution in [1.82, 2.24) is 0 Å². The molecule has 0 radical (unpaired) electrons. The summed E-state index contributed by atoms with van der Waals surface area (Å²) < 4.78 is 38.8. The lowest BCUT2D eigenvalue weighted by atomic mass is 9.78. The average molecular weight is 445 g/mol. The van der Waals surface area contributed by atoms with E-state index < -0.39 is 12.6 Å². The van der Waals surface area contributed by atoms with Crippen molar-refractivity contribution in [3.63, 3.8) is 0 Å². The molecule has 0 amide bonds. The van der Waals surface area contributed by atoms with E-state index in [1.54, 1.807) is 21.0 Å². The summed E-state index contributed by atoms with van der Waals surface area (Å²) in [5.74, 6) is 3.36. The second-order valence-corrected chi connectivity index (χ2v) is 9.76. The van der Waals surface area contributed by atoms with Crippen molar-refractivity contribution in [3.8, 4) is 0 Å². The largest absolute Gasteiger partial charge is 0.389 e. The summed E-state index contributed by atoms with van der Waals surface area (Å²) in [5.41, 5.74) is 0. The molecular formula is C26H59F3O. The van der Waals surface area contributed by atoms with Crippen molar-refractivity contribution in [2.45, 2.75) is 128 Å². The first-order chi connectivity index (χ1) is 13.1. The van der Waals surface area contributed by atoms with Crippen LogP contribution < -0.4 is 0 Å². The summed E-state index contributed by atoms with van der Waals surface area (Å²) in [6.45, 7) is 23.8. The Morgan fingerprint density at radius 1 is 0.833 bits per heavy atom. The quantitative estimate of drug-likeness (QED) is 0.409. The summed E-state index contributed by atoms with van der Waals surface area (Å²) >= 11 is 0. The molecule has 0 N–H and O–H groups in total. The third-order valence-corrected chi connectivity index (χ3v) is 3.63. The maximum absolute atomic E-state index is 11.3. The second kappa shape index (κ2) is 26.8. The first-order valence-corrected chi connectivity index (χ1v) is 11.7. The van der Waals surface area contributed by atoms with Gasteiger partial charge < -0.3 is 4.74 Å². The molecule has 30 heavy (non-hydrogen) atoms. The predicted octanol–water partition coefficient (Wildman–Crippen LogP) is 10.4. The molecule has 4 heteroatoms. The fourth-order valence-corrected chi connectivity index (χ4v) is 1.92. The molecule has 0 aromatic heterocycles. The molecule has 190 valence electrons. The van der Waals surface area contributed by atoms with Crippen LogP contribution in [0.3, 0.4) is 0 Å². The minimum atomic E-state index is -3.98. The van der Waals surface area contributed by atoms with Gasteiger partial charge in [0.15, 0.2) is 0 Å². The SMILES string of the molecule is C.CC(C)C.CC(C)C1CCC1.CC(C)CC(F)(F)F.CCC.COCCC(C)C. The highest BCUT2D eigenvalue weighted by Crippen LogP contribution is 2.32. The number of methoxy groups -OCH3 is 1. The molecule has 1 saturated carbocycles. The van der Waals surface area contributed by atoms with Gasteiger partial charge in [-0.25, -0.2) is 0 Å². The van der Waals surface area contributed by atoms with Gasteiger partial charge in [0.05, 0.1) is 0 Å². The van der Waals surface area contributed by atoms with Gasteiger partial charge in [0, 0.05) is 20.1 Å². The Bertz CT molecular complexity index is 278. The van der Waals surface area contributed by atoms with Crippen LogP contribution in [0.15, 0.2) is 0 Å². The summed E-state index contributed by atoms with van der Waals surface area (Å²) in [4.78, 5) is 0. The van der Waals surface area contributed by atoms with Gasteiger partial charge in [-0.1, -0.05) is 109 Å². The lowest BCUT2D eigenvalue weighted by Gasteiger charge is -2.28. The Labute approximate surface area is 189 Å². The molecule has 0 atom stereocenters. The standard InChI is InChI=1S/C7H14.C6H14O.C5H9F3.C4H10.C3H8.CH4/c1-6(2)7-4-3-5-7;1-6(2)4-5-7-3;1-4(2)3-5(6,7)8;1-4(2)3;1-3-2;/h6-7H,3-5H2,1-2H3;6H,4-5H2,1-3H3;4H,3H2,1-2H3;4H,1-3H3;3H2,1-2H3;1H4.